The van der Waals surface area contributed by atoms with E-state index in [0.717, 1.165) is 0 Å². The van der Waals surface area contributed by atoms with Crippen molar-refractivity contribution in [2.75, 3.05) is 36.6 Å². The van der Waals surface area contributed by atoms with Crippen molar-refractivity contribution in [1.29, 1.82) is 0 Å². The number of carbonyl (C=O) groups is 2. The summed E-state index contributed by atoms with van der Waals surface area (Å²) in [6, 6.07) is 12.7. The Morgan fingerprint density at radius 1 is 1.06 bits per heavy atom. The second kappa shape index (κ2) is 9.55. The fourth-order valence-electron chi connectivity index (χ4n) is 3.33. The average molecular weight is 462 g/mol. The number of nitrogens with two attached hydrogens (primary N) is 1. The summed E-state index contributed by atoms with van der Waals surface area (Å²) >= 11 is 0. The minimum atomic E-state index is -0.587. The van der Waals surface area contributed by atoms with Crippen molar-refractivity contribution >= 4 is 51.7 Å². The van der Waals surface area contributed by atoms with Gasteiger partial charge in [-0.3, -0.25) is 9.59 Å². The molecule has 2 heterocycles. The summed E-state index contributed by atoms with van der Waals surface area (Å²) < 4.78 is 14.5. The number of hydrogen-bond donors (Lipinski definition) is 5. The highest BCUT2D eigenvalue weighted by Crippen LogP contribution is 2.28. The van der Waals surface area contributed by atoms with Crippen molar-refractivity contribution in [3.63, 3.8) is 0 Å². The van der Waals surface area contributed by atoms with E-state index in [4.69, 9.17) is 5.73 Å². The summed E-state index contributed by atoms with van der Waals surface area (Å²) in [5.41, 5.74) is 7.24. The predicted molar refractivity (Wildman–Crippen MR) is 129 cm³/mol. The number of halogens is 1. The summed E-state index contributed by atoms with van der Waals surface area (Å²) in [5, 5.41) is 9.36. The van der Waals surface area contributed by atoms with Crippen LogP contribution < -0.4 is 21.7 Å². The molecule has 34 heavy (non-hydrogen) atoms. The lowest BCUT2D eigenvalue weighted by molar-refractivity contribution is -0.116. The van der Waals surface area contributed by atoms with Gasteiger partial charge < -0.3 is 31.6 Å². The zero-order valence-electron chi connectivity index (χ0n) is 18.5. The SMILES string of the molecule is CN(C)CC(=O)Nc1ccc(F)c(Nc2nc(Nc3ccccc3C(N)=O)c3cc[nH]c3n2)c1. The topological polar surface area (TPSA) is 141 Å². The van der Waals surface area contributed by atoms with Gasteiger partial charge in [0.05, 0.1) is 28.9 Å². The molecule has 174 valence electrons. The van der Waals surface area contributed by atoms with Crippen molar-refractivity contribution in [3.05, 3.63) is 66.1 Å². The molecule has 0 bridgehead atoms. The summed E-state index contributed by atoms with van der Waals surface area (Å²) in [4.78, 5) is 37.4. The van der Waals surface area contributed by atoms with Gasteiger partial charge in [0, 0.05) is 11.9 Å². The van der Waals surface area contributed by atoms with Crippen LogP contribution in [0.2, 0.25) is 0 Å². The molecular weight excluding hydrogens is 439 g/mol. The molecule has 0 aliphatic rings. The standard InChI is InChI=1S/C23H23FN8O2/c1-32(2)12-19(33)27-13-7-8-16(24)18(11-13)29-23-30-21-15(9-10-26-21)22(31-23)28-17-6-4-3-5-14(17)20(25)34/h3-11H,12H2,1-2H3,(H2,25,34)(H,27,33)(H3,26,28,29,30,31). The van der Waals surface area contributed by atoms with E-state index in [1.165, 1.54) is 18.2 Å². The Hall–Kier alpha value is -4.51. The number of carbonyl (C=O) groups excluding carboxylic acids is 2. The van der Waals surface area contributed by atoms with Crippen molar-refractivity contribution < 1.29 is 14.0 Å². The van der Waals surface area contributed by atoms with E-state index in [9.17, 15) is 14.0 Å². The fourth-order valence-corrected chi connectivity index (χ4v) is 3.33. The second-order valence-electron chi connectivity index (χ2n) is 7.78. The number of aromatic nitrogens is 3. The molecule has 11 heteroatoms. The number of anilines is 5. The third kappa shape index (κ3) is 5.10. The van der Waals surface area contributed by atoms with Crippen LogP contribution in [0.3, 0.4) is 0 Å². The molecule has 0 spiro atoms. The average Bonchev–Trinajstić information content (AvgIpc) is 3.25. The molecule has 2 aromatic carbocycles. The summed E-state index contributed by atoms with van der Waals surface area (Å²) in [6.07, 6.45) is 1.69. The molecule has 4 rings (SSSR count). The van der Waals surface area contributed by atoms with Crippen LogP contribution in [0.4, 0.5) is 33.2 Å². The summed E-state index contributed by atoms with van der Waals surface area (Å²) in [6.45, 7) is 0.189. The number of hydrogen-bond acceptors (Lipinski definition) is 7. The van der Waals surface area contributed by atoms with E-state index in [1.54, 1.807) is 55.5 Å². The van der Waals surface area contributed by atoms with Crippen LogP contribution in [0, 0.1) is 5.82 Å². The number of nitrogens with zero attached hydrogens (tertiary/aromatic N) is 3. The zero-order valence-corrected chi connectivity index (χ0v) is 18.5. The number of aromatic amines is 1. The summed E-state index contributed by atoms with van der Waals surface area (Å²) in [7, 11) is 3.55. The first-order valence-corrected chi connectivity index (χ1v) is 10.3. The number of H-pyrrole nitrogens is 1. The Kier molecular flexibility index (Phi) is 6.37. The number of primary amides is 1. The molecule has 0 saturated carbocycles. The first-order valence-electron chi connectivity index (χ1n) is 10.3. The van der Waals surface area contributed by atoms with Crippen LogP contribution in [0.5, 0.6) is 0 Å². The van der Waals surface area contributed by atoms with Crippen molar-refractivity contribution in [3.8, 4) is 0 Å². The maximum Gasteiger partial charge on any atom is 0.250 e. The molecule has 2 aromatic heterocycles. The van der Waals surface area contributed by atoms with Crippen molar-refractivity contribution in [1.82, 2.24) is 19.9 Å². The minimum Gasteiger partial charge on any atom is -0.366 e. The Balaban J connectivity index is 1.65. The smallest absolute Gasteiger partial charge is 0.250 e. The van der Waals surface area contributed by atoms with E-state index < -0.39 is 11.7 Å². The molecule has 0 aliphatic heterocycles. The molecule has 10 nitrogen and oxygen atoms in total. The van der Waals surface area contributed by atoms with E-state index in [1.807, 2.05) is 0 Å². The lowest BCUT2D eigenvalue weighted by Crippen LogP contribution is -2.27. The van der Waals surface area contributed by atoms with Crippen molar-refractivity contribution in [2.45, 2.75) is 0 Å². The van der Waals surface area contributed by atoms with Gasteiger partial charge in [-0.15, -0.1) is 0 Å². The molecule has 4 aromatic rings. The molecule has 0 aliphatic carbocycles. The predicted octanol–water partition coefficient (Wildman–Crippen LogP) is 3.18. The summed E-state index contributed by atoms with van der Waals surface area (Å²) in [5.74, 6) is -0.875. The highest BCUT2D eigenvalue weighted by molar-refractivity contribution is 6.00. The Morgan fingerprint density at radius 2 is 1.85 bits per heavy atom. The molecule has 2 amide bonds. The van der Waals surface area contributed by atoms with Gasteiger partial charge in [0.2, 0.25) is 11.9 Å². The van der Waals surface area contributed by atoms with Crippen molar-refractivity contribution in [2.24, 2.45) is 5.73 Å². The van der Waals surface area contributed by atoms with E-state index in [2.05, 4.69) is 30.9 Å². The molecule has 0 saturated heterocycles. The molecule has 0 atom stereocenters. The normalized spacial score (nSPS) is 10.9. The van der Waals surface area contributed by atoms with Crippen LogP contribution in [0.1, 0.15) is 10.4 Å². The molecule has 6 N–H and O–H groups in total. The van der Waals surface area contributed by atoms with Crippen LogP contribution >= 0.6 is 0 Å². The lowest BCUT2D eigenvalue weighted by Gasteiger charge is -2.14. The quantitative estimate of drug-likeness (QED) is 0.271. The Bertz CT molecular complexity index is 1370. The third-order valence-electron chi connectivity index (χ3n) is 4.82. The van der Waals surface area contributed by atoms with Gasteiger partial charge in [-0.1, -0.05) is 12.1 Å². The monoisotopic (exact) mass is 462 g/mol. The van der Waals surface area contributed by atoms with Crippen LogP contribution in [0.15, 0.2) is 54.7 Å². The number of para-hydroxylation sites is 1. The van der Waals surface area contributed by atoms with Gasteiger partial charge in [0.15, 0.2) is 0 Å². The Labute approximate surface area is 194 Å². The Morgan fingerprint density at radius 3 is 2.62 bits per heavy atom. The lowest BCUT2D eigenvalue weighted by atomic mass is 10.1. The van der Waals surface area contributed by atoms with Gasteiger partial charge in [-0.2, -0.15) is 9.97 Å². The van der Waals surface area contributed by atoms with E-state index in [0.29, 0.717) is 33.8 Å². The largest absolute Gasteiger partial charge is 0.366 e. The maximum absolute atomic E-state index is 14.5. The van der Waals surface area contributed by atoms with Gasteiger partial charge in [0.25, 0.3) is 5.91 Å². The van der Waals surface area contributed by atoms with E-state index >= 15 is 0 Å². The first-order chi connectivity index (χ1) is 16.3. The minimum absolute atomic E-state index is 0.0806. The molecule has 0 radical (unpaired) electrons. The van der Waals surface area contributed by atoms with Crippen LogP contribution in [0.25, 0.3) is 11.0 Å². The molecule has 0 fully saturated rings. The van der Waals surface area contributed by atoms with Crippen LogP contribution in [-0.4, -0.2) is 52.3 Å². The third-order valence-corrected chi connectivity index (χ3v) is 4.82. The van der Waals surface area contributed by atoms with E-state index in [-0.39, 0.29) is 24.1 Å². The maximum atomic E-state index is 14.5. The number of amides is 2. The number of fused-ring (bicyclic) bond motifs is 1. The molecular formula is C23H23FN8O2. The van der Waals surface area contributed by atoms with Gasteiger partial charge >= 0.3 is 0 Å². The van der Waals surface area contributed by atoms with Gasteiger partial charge in [-0.05, 0) is 50.5 Å². The number of likely N-dealkylation sites (N-methyl/N-ethyl adjacent to an activating group) is 1. The highest BCUT2D eigenvalue weighted by Gasteiger charge is 2.14. The second-order valence-corrected chi connectivity index (χ2v) is 7.78. The highest BCUT2D eigenvalue weighted by atomic mass is 19.1. The number of rotatable bonds is 8. The fraction of sp³-hybridized carbons (Fsp3) is 0.130. The van der Waals surface area contributed by atoms with Gasteiger partial charge in [0.1, 0.15) is 17.3 Å². The number of benzene rings is 2. The first kappa shape index (κ1) is 22.7. The zero-order chi connectivity index (χ0) is 24.2. The van der Waals surface area contributed by atoms with Gasteiger partial charge in [-0.25, -0.2) is 4.39 Å². The van der Waals surface area contributed by atoms with Crippen LogP contribution in [-0.2, 0) is 4.79 Å². The molecule has 0 unspecified atom stereocenters. The number of nitrogens with one attached hydrogen (secondary N) is 4.